The predicted molar refractivity (Wildman–Crippen MR) is 80.2 cm³/mol. The van der Waals surface area contributed by atoms with Gasteiger partial charge in [0.15, 0.2) is 0 Å². The van der Waals surface area contributed by atoms with Crippen LogP contribution >= 0.6 is 0 Å². The van der Waals surface area contributed by atoms with Gasteiger partial charge in [-0.15, -0.1) is 0 Å². The zero-order valence-electron chi connectivity index (χ0n) is 11.6. The molecule has 2 heterocycles. The molecule has 0 unspecified atom stereocenters. The standard InChI is InChI=1S/C17H20N2O/c1-2-9-19-16(3-1)7-11-18-10-6-14-4-5-17-15(13-14)8-12-20-17/h1-5,9,13,18H,6-8,10-12H2. The Balaban J connectivity index is 1.40. The Morgan fingerprint density at radius 3 is 2.95 bits per heavy atom. The number of nitrogens with zero attached hydrogens (tertiary/aromatic N) is 1. The van der Waals surface area contributed by atoms with Crippen molar-refractivity contribution in [3.63, 3.8) is 0 Å². The van der Waals surface area contributed by atoms with Crippen LogP contribution in [-0.4, -0.2) is 24.7 Å². The Labute approximate surface area is 120 Å². The Morgan fingerprint density at radius 1 is 1.10 bits per heavy atom. The average Bonchev–Trinajstić information content (AvgIpc) is 2.95. The van der Waals surface area contributed by atoms with Crippen LogP contribution in [0.4, 0.5) is 0 Å². The van der Waals surface area contributed by atoms with E-state index in [1.165, 1.54) is 11.1 Å². The van der Waals surface area contributed by atoms with Gasteiger partial charge in [-0.2, -0.15) is 0 Å². The maximum atomic E-state index is 5.52. The van der Waals surface area contributed by atoms with Gasteiger partial charge in [0.2, 0.25) is 0 Å². The van der Waals surface area contributed by atoms with Crippen LogP contribution in [0.3, 0.4) is 0 Å². The molecule has 0 spiro atoms. The largest absolute Gasteiger partial charge is 0.493 e. The second-order valence-electron chi connectivity index (χ2n) is 5.11. The van der Waals surface area contributed by atoms with Crippen LogP contribution in [0.5, 0.6) is 5.75 Å². The number of rotatable bonds is 6. The van der Waals surface area contributed by atoms with E-state index < -0.39 is 0 Å². The summed E-state index contributed by atoms with van der Waals surface area (Å²) in [5, 5.41) is 3.48. The van der Waals surface area contributed by atoms with Crippen molar-refractivity contribution >= 4 is 0 Å². The SMILES string of the molecule is c1ccc(CCNCCc2ccc3c(c2)CCO3)nc1. The van der Waals surface area contributed by atoms with Gasteiger partial charge >= 0.3 is 0 Å². The molecule has 0 aliphatic carbocycles. The van der Waals surface area contributed by atoms with Crippen molar-refractivity contribution in [2.24, 2.45) is 0 Å². The number of nitrogens with one attached hydrogen (secondary N) is 1. The van der Waals surface area contributed by atoms with Crippen LogP contribution in [0.1, 0.15) is 16.8 Å². The highest BCUT2D eigenvalue weighted by Gasteiger charge is 2.11. The van der Waals surface area contributed by atoms with E-state index >= 15 is 0 Å². The van der Waals surface area contributed by atoms with Crippen LogP contribution < -0.4 is 10.1 Å². The van der Waals surface area contributed by atoms with Gasteiger partial charge in [-0.3, -0.25) is 4.98 Å². The molecule has 0 radical (unpaired) electrons. The van der Waals surface area contributed by atoms with Gasteiger partial charge in [0.05, 0.1) is 6.61 Å². The summed E-state index contributed by atoms with van der Waals surface area (Å²) in [5.74, 6) is 1.07. The first-order chi connectivity index (χ1) is 9.92. The van der Waals surface area contributed by atoms with Crippen molar-refractivity contribution in [1.29, 1.82) is 0 Å². The minimum atomic E-state index is 0.834. The summed E-state index contributed by atoms with van der Waals surface area (Å²) < 4.78 is 5.52. The summed E-state index contributed by atoms with van der Waals surface area (Å²) in [4.78, 5) is 4.32. The van der Waals surface area contributed by atoms with Crippen molar-refractivity contribution in [1.82, 2.24) is 10.3 Å². The van der Waals surface area contributed by atoms with Gasteiger partial charge in [0.1, 0.15) is 5.75 Å². The molecule has 3 heteroatoms. The zero-order chi connectivity index (χ0) is 13.6. The molecule has 0 saturated carbocycles. The number of fused-ring (bicyclic) bond motifs is 1. The molecule has 1 N–H and O–H groups in total. The van der Waals surface area contributed by atoms with Crippen molar-refractivity contribution in [3.8, 4) is 5.75 Å². The van der Waals surface area contributed by atoms with Crippen LogP contribution in [0.15, 0.2) is 42.6 Å². The fourth-order valence-electron chi connectivity index (χ4n) is 2.52. The maximum absolute atomic E-state index is 5.52. The highest BCUT2D eigenvalue weighted by Crippen LogP contribution is 2.25. The summed E-state index contributed by atoms with van der Waals surface area (Å²) >= 11 is 0. The topological polar surface area (TPSA) is 34.1 Å². The molecule has 1 aliphatic heterocycles. The second-order valence-corrected chi connectivity index (χ2v) is 5.11. The van der Waals surface area contributed by atoms with E-state index in [4.69, 9.17) is 4.74 Å². The molecular weight excluding hydrogens is 248 g/mol. The molecule has 104 valence electrons. The van der Waals surface area contributed by atoms with Crippen molar-refractivity contribution in [2.45, 2.75) is 19.3 Å². The smallest absolute Gasteiger partial charge is 0.122 e. The Morgan fingerprint density at radius 2 is 2.05 bits per heavy atom. The van der Waals surface area contributed by atoms with Gasteiger partial charge < -0.3 is 10.1 Å². The molecular formula is C17H20N2O. The third kappa shape index (κ3) is 3.36. The van der Waals surface area contributed by atoms with E-state index in [-0.39, 0.29) is 0 Å². The molecule has 3 rings (SSSR count). The molecule has 0 atom stereocenters. The van der Waals surface area contributed by atoms with E-state index in [0.717, 1.165) is 50.4 Å². The number of hydrogen-bond acceptors (Lipinski definition) is 3. The molecule has 20 heavy (non-hydrogen) atoms. The van der Waals surface area contributed by atoms with Crippen LogP contribution in [-0.2, 0) is 19.3 Å². The van der Waals surface area contributed by atoms with Gasteiger partial charge in [-0.05, 0) is 42.3 Å². The summed E-state index contributed by atoms with van der Waals surface area (Å²) in [6, 6.07) is 12.6. The fourth-order valence-corrected chi connectivity index (χ4v) is 2.52. The average molecular weight is 268 g/mol. The van der Waals surface area contributed by atoms with Gasteiger partial charge in [0.25, 0.3) is 0 Å². The molecule has 0 bridgehead atoms. The normalized spacial score (nSPS) is 13.0. The number of benzene rings is 1. The molecule has 0 saturated heterocycles. The summed E-state index contributed by atoms with van der Waals surface area (Å²) in [6.07, 6.45) is 4.95. The number of pyridine rings is 1. The fraction of sp³-hybridized carbons (Fsp3) is 0.353. The minimum Gasteiger partial charge on any atom is -0.493 e. The lowest BCUT2D eigenvalue weighted by Crippen LogP contribution is -2.20. The van der Waals surface area contributed by atoms with Crippen molar-refractivity contribution in [2.75, 3.05) is 19.7 Å². The summed E-state index contributed by atoms with van der Waals surface area (Å²) in [6.45, 7) is 2.82. The first kappa shape index (κ1) is 13.1. The Bertz CT molecular complexity index is 554. The zero-order valence-corrected chi connectivity index (χ0v) is 11.6. The van der Waals surface area contributed by atoms with E-state index in [0.29, 0.717) is 0 Å². The number of aromatic nitrogens is 1. The lowest BCUT2D eigenvalue weighted by atomic mass is 10.1. The molecule has 1 aromatic heterocycles. The predicted octanol–water partition coefficient (Wildman–Crippen LogP) is 2.39. The highest BCUT2D eigenvalue weighted by molar-refractivity contribution is 5.39. The highest BCUT2D eigenvalue weighted by atomic mass is 16.5. The third-order valence-electron chi connectivity index (χ3n) is 3.63. The van der Waals surface area contributed by atoms with E-state index in [9.17, 15) is 0 Å². The molecule has 0 amide bonds. The van der Waals surface area contributed by atoms with E-state index in [1.54, 1.807) is 0 Å². The Hall–Kier alpha value is -1.87. The van der Waals surface area contributed by atoms with Crippen molar-refractivity contribution in [3.05, 3.63) is 59.4 Å². The first-order valence-corrected chi connectivity index (χ1v) is 7.27. The second kappa shape index (κ2) is 6.53. The van der Waals surface area contributed by atoms with Gasteiger partial charge in [-0.1, -0.05) is 18.2 Å². The van der Waals surface area contributed by atoms with Crippen molar-refractivity contribution < 1.29 is 4.74 Å². The first-order valence-electron chi connectivity index (χ1n) is 7.27. The summed E-state index contributed by atoms with van der Waals surface area (Å²) in [7, 11) is 0. The summed E-state index contributed by atoms with van der Waals surface area (Å²) in [5.41, 5.74) is 3.89. The minimum absolute atomic E-state index is 0.834. The molecule has 1 aliphatic rings. The van der Waals surface area contributed by atoms with Gasteiger partial charge in [0, 0.05) is 31.3 Å². The number of hydrogen-bond donors (Lipinski definition) is 1. The van der Waals surface area contributed by atoms with Crippen LogP contribution in [0, 0.1) is 0 Å². The quantitative estimate of drug-likeness (QED) is 0.817. The number of ether oxygens (including phenoxy) is 1. The lowest BCUT2D eigenvalue weighted by molar-refractivity contribution is 0.357. The Kier molecular flexibility index (Phi) is 4.28. The lowest BCUT2D eigenvalue weighted by Gasteiger charge is -2.06. The monoisotopic (exact) mass is 268 g/mol. The van der Waals surface area contributed by atoms with Crippen LogP contribution in [0.2, 0.25) is 0 Å². The third-order valence-corrected chi connectivity index (χ3v) is 3.63. The molecule has 0 fully saturated rings. The molecule has 2 aromatic rings. The maximum Gasteiger partial charge on any atom is 0.122 e. The molecule has 3 nitrogen and oxygen atoms in total. The van der Waals surface area contributed by atoms with E-state index in [2.05, 4.69) is 34.6 Å². The van der Waals surface area contributed by atoms with Gasteiger partial charge in [-0.25, -0.2) is 0 Å². The van der Waals surface area contributed by atoms with E-state index in [1.807, 2.05) is 18.3 Å². The molecule has 1 aromatic carbocycles. The van der Waals surface area contributed by atoms with Crippen LogP contribution in [0.25, 0.3) is 0 Å².